The molecule has 0 bridgehead atoms. The van der Waals surface area contributed by atoms with E-state index in [1.54, 1.807) is 13.0 Å². The van der Waals surface area contributed by atoms with Crippen molar-refractivity contribution in [3.63, 3.8) is 0 Å². The number of esters is 1. The highest BCUT2D eigenvalue weighted by Gasteiger charge is 2.22. The molecule has 18 heavy (non-hydrogen) atoms. The maximum Gasteiger partial charge on any atom is 0.321 e. The number of para-hydroxylation sites is 1. The van der Waals surface area contributed by atoms with Crippen LogP contribution in [0.2, 0.25) is 0 Å². The van der Waals surface area contributed by atoms with E-state index in [9.17, 15) is 9.59 Å². The first-order chi connectivity index (χ1) is 8.56. The Hall–Kier alpha value is -1.49. The Morgan fingerprint density at radius 3 is 2.67 bits per heavy atom. The third-order valence-electron chi connectivity index (χ3n) is 2.19. The summed E-state index contributed by atoms with van der Waals surface area (Å²) in [7, 11) is 0. The van der Waals surface area contributed by atoms with Crippen LogP contribution in [0.4, 0.5) is 5.69 Å². The minimum absolute atomic E-state index is 0.242. The molecule has 0 heterocycles. The van der Waals surface area contributed by atoms with Crippen molar-refractivity contribution in [1.29, 1.82) is 0 Å². The fraction of sp³-hybridized carbons (Fsp3) is 0.308. The Morgan fingerprint density at radius 2 is 2.11 bits per heavy atom. The first kappa shape index (κ1) is 14.6. The van der Waals surface area contributed by atoms with Gasteiger partial charge in [0.25, 0.3) is 0 Å². The van der Waals surface area contributed by atoms with E-state index < -0.39 is 11.9 Å². The maximum atomic E-state index is 11.5. The fourth-order valence-corrected chi connectivity index (χ4v) is 1.66. The van der Waals surface area contributed by atoms with Gasteiger partial charge in [0.15, 0.2) is 5.92 Å². The average Bonchev–Trinajstić information content (AvgIpc) is 2.31. The Kier molecular flexibility index (Phi) is 5.71. The summed E-state index contributed by atoms with van der Waals surface area (Å²) in [5.41, 5.74) is 0.660. The lowest BCUT2D eigenvalue weighted by Gasteiger charge is -2.07. The number of Topliss-reactive ketones (excluding diaryl/α,β-unsaturated/α-hetero) is 1. The van der Waals surface area contributed by atoms with E-state index >= 15 is 0 Å². The lowest BCUT2D eigenvalue weighted by Crippen LogP contribution is -2.25. The summed E-state index contributed by atoms with van der Waals surface area (Å²) in [6.45, 7) is 3.28. The highest BCUT2D eigenvalue weighted by atomic mass is 79.9. The zero-order valence-corrected chi connectivity index (χ0v) is 11.8. The minimum Gasteiger partial charge on any atom is -0.465 e. The smallest absolute Gasteiger partial charge is 0.321 e. The molecule has 0 N–H and O–H groups in total. The molecule has 0 aliphatic carbocycles. The summed E-state index contributed by atoms with van der Waals surface area (Å²) in [6, 6.07) is 7.30. The number of hydrogen-bond acceptors (Lipinski definition) is 4. The number of halogens is 1. The largest absolute Gasteiger partial charge is 0.465 e. The van der Waals surface area contributed by atoms with Gasteiger partial charge in [0.2, 0.25) is 0 Å². The van der Waals surface area contributed by atoms with E-state index in [4.69, 9.17) is 4.74 Å². The van der Waals surface area contributed by atoms with Gasteiger partial charge >= 0.3 is 5.97 Å². The number of hydrogen-bond donors (Lipinski definition) is 0. The molecule has 0 radical (unpaired) electrons. The highest BCUT2D eigenvalue weighted by molar-refractivity contribution is 9.10. The third kappa shape index (κ3) is 4.07. The number of rotatable bonds is 5. The molecule has 5 heteroatoms. The molecule has 0 saturated heterocycles. The molecule has 0 aliphatic rings. The summed E-state index contributed by atoms with van der Waals surface area (Å²) in [5.74, 6) is -1.80. The van der Waals surface area contributed by atoms with E-state index in [1.165, 1.54) is 13.1 Å². The van der Waals surface area contributed by atoms with E-state index in [0.29, 0.717) is 5.69 Å². The van der Waals surface area contributed by atoms with Crippen LogP contribution in [0.1, 0.15) is 13.8 Å². The molecule has 0 aliphatic heterocycles. The van der Waals surface area contributed by atoms with Crippen molar-refractivity contribution >= 4 is 39.6 Å². The molecule has 1 unspecified atom stereocenters. The lowest BCUT2D eigenvalue weighted by atomic mass is 10.1. The maximum absolute atomic E-state index is 11.5. The van der Waals surface area contributed by atoms with Gasteiger partial charge in [-0.05, 0) is 41.9 Å². The molecule has 0 saturated carbocycles. The molecule has 0 fully saturated rings. The molecule has 0 aromatic heterocycles. The molecule has 96 valence electrons. The van der Waals surface area contributed by atoms with Crippen LogP contribution in [-0.2, 0) is 14.3 Å². The van der Waals surface area contributed by atoms with Gasteiger partial charge in [-0.1, -0.05) is 12.1 Å². The molecule has 1 rings (SSSR count). The predicted octanol–water partition coefficient (Wildman–Crippen LogP) is 2.92. The summed E-state index contributed by atoms with van der Waals surface area (Å²) < 4.78 is 5.62. The van der Waals surface area contributed by atoms with Crippen LogP contribution in [0.3, 0.4) is 0 Å². The first-order valence-corrected chi connectivity index (χ1v) is 6.31. The van der Waals surface area contributed by atoms with Crippen molar-refractivity contribution in [2.24, 2.45) is 10.9 Å². The fourth-order valence-electron chi connectivity index (χ4n) is 1.28. The zero-order chi connectivity index (χ0) is 13.5. The van der Waals surface area contributed by atoms with Crippen LogP contribution in [0.5, 0.6) is 0 Å². The summed E-state index contributed by atoms with van der Waals surface area (Å²) in [6.07, 6.45) is 1.32. The molecular weight excluding hydrogens is 298 g/mol. The Morgan fingerprint density at radius 1 is 1.44 bits per heavy atom. The number of benzene rings is 1. The van der Waals surface area contributed by atoms with Crippen molar-refractivity contribution in [3.05, 3.63) is 28.7 Å². The van der Waals surface area contributed by atoms with Crippen LogP contribution in [-0.4, -0.2) is 24.6 Å². The molecule has 0 spiro atoms. The second kappa shape index (κ2) is 7.06. The normalized spacial score (nSPS) is 12.4. The standard InChI is InChI=1S/C13H14BrNO3/c1-3-18-13(17)10(9(2)16)8-15-12-7-5-4-6-11(12)14/h4-8,10H,3H2,1-2H3. The zero-order valence-electron chi connectivity index (χ0n) is 10.2. The molecular formula is C13H14BrNO3. The summed E-state index contributed by atoms with van der Waals surface area (Å²) in [5, 5.41) is 0. The molecule has 1 aromatic carbocycles. The van der Waals surface area contributed by atoms with Gasteiger partial charge in [-0.25, -0.2) is 0 Å². The topological polar surface area (TPSA) is 55.7 Å². The van der Waals surface area contributed by atoms with Gasteiger partial charge in [0.1, 0.15) is 5.78 Å². The second-order valence-corrected chi connectivity index (χ2v) is 4.42. The molecule has 4 nitrogen and oxygen atoms in total. The highest BCUT2D eigenvalue weighted by Crippen LogP contribution is 2.24. The van der Waals surface area contributed by atoms with Gasteiger partial charge in [0.05, 0.1) is 12.3 Å². The monoisotopic (exact) mass is 311 g/mol. The third-order valence-corrected chi connectivity index (χ3v) is 2.86. The van der Waals surface area contributed by atoms with Gasteiger partial charge in [-0.2, -0.15) is 0 Å². The predicted molar refractivity (Wildman–Crippen MR) is 73.1 cm³/mol. The van der Waals surface area contributed by atoms with Crippen molar-refractivity contribution in [2.75, 3.05) is 6.61 Å². The number of carbonyl (C=O) groups is 2. The second-order valence-electron chi connectivity index (χ2n) is 3.57. The number of nitrogens with zero attached hydrogens (tertiary/aromatic N) is 1. The van der Waals surface area contributed by atoms with Gasteiger partial charge in [-0.15, -0.1) is 0 Å². The lowest BCUT2D eigenvalue weighted by molar-refractivity contribution is -0.148. The first-order valence-electron chi connectivity index (χ1n) is 5.52. The van der Waals surface area contributed by atoms with Crippen LogP contribution in [0, 0.1) is 5.92 Å². The van der Waals surface area contributed by atoms with Crippen LogP contribution in [0.15, 0.2) is 33.7 Å². The van der Waals surface area contributed by atoms with E-state index in [0.717, 1.165) is 4.47 Å². The van der Waals surface area contributed by atoms with Crippen molar-refractivity contribution in [2.45, 2.75) is 13.8 Å². The SMILES string of the molecule is CCOC(=O)C(C=Nc1ccccc1Br)C(C)=O. The van der Waals surface area contributed by atoms with E-state index in [2.05, 4.69) is 20.9 Å². The molecule has 1 aromatic rings. The summed E-state index contributed by atoms with van der Waals surface area (Å²) >= 11 is 3.34. The summed E-state index contributed by atoms with van der Waals surface area (Å²) in [4.78, 5) is 27.0. The van der Waals surface area contributed by atoms with Gasteiger partial charge in [-0.3, -0.25) is 14.6 Å². The number of ether oxygens (including phenoxy) is 1. The van der Waals surface area contributed by atoms with Crippen LogP contribution < -0.4 is 0 Å². The van der Waals surface area contributed by atoms with Crippen LogP contribution in [0.25, 0.3) is 0 Å². The number of ketones is 1. The van der Waals surface area contributed by atoms with E-state index in [1.807, 2.05) is 18.2 Å². The van der Waals surface area contributed by atoms with Crippen molar-refractivity contribution in [1.82, 2.24) is 0 Å². The number of carbonyl (C=O) groups excluding carboxylic acids is 2. The van der Waals surface area contributed by atoms with Gasteiger partial charge in [0, 0.05) is 10.7 Å². The van der Waals surface area contributed by atoms with Crippen LogP contribution >= 0.6 is 15.9 Å². The Balaban J connectivity index is 2.88. The Bertz CT molecular complexity index is 471. The average molecular weight is 312 g/mol. The minimum atomic E-state index is -0.947. The quantitative estimate of drug-likeness (QED) is 0.477. The molecule has 0 amide bonds. The number of aliphatic imine (C=N–C) groups is 1. The van der Waals surface area contributed by atoms with Crippen molar-refractivity contribution < 1.29 is 14.3 Å². The van der Waals surface area contributed by atoms with Crippen molar-refractivity contribution in [3.8, 4) is 0 Å². The molecule has 1 atom stereocenters. The van der Waals surface area contributed by atoms with Gasteiger partial charge < -0.3 is 4.74 Å². The Labute approximate surface area is 114 Å². The van der Waals surface area contributed by atoms with E-state index in [-0.39, 0.29) is 12.4 Å².